The van der Waals surface area contributed by atoms with Crippen LogP contribution in [0, 0.1) is 11.8 Å². The molecule has 1 saturated heterocycles. The molecule has 2 aromatic heterocycles. The van der Waals surface area contributed by atoms with Gasteiger partial charge >= 0.3 is 0 Å². The van der Waals surface area contributed by atoms with E-state index in [0.29, 0.717) is 36.9 Å². The summed E-state index contributed by atoms with van der Waals surface area (Å²) < 4.78 is 3.15. The van der Waals surface area contributed by atoms with Gasteiger partial charge in [0.05, 0.1) is 5.71 Å². The molecule has 0 aromatic carbocycles. The van der Waals surface area contributed by atoms with Crippen molar-refractivity contribution < 1.29 is 4.79 Å². The van der Waals surface area contributed by atoms with Crippen molar-refractivity contribution in [2.75, 3.05) is 13.1 Å². The number of carbonyl (C=O) groups excluding carboxylic acids is 1. The third kappa shape index (κ3) is 3.56. The first-order valence-corrected chi connectivity index (χ1v) is 10.2. The second-order valence-electron chi connectivity index (χ2n) is 7.78. The molecule has 1 fully saturated rings. The molecule has 1 aliphatic carbocycles. The highest BCUT2D eigenvalue weighted by Crippen LogP contribution is 2.24. The van der Waals surface area contributed by atoms with Crippen LogP contribution in [0.25, 0.3) is 5.82 Å². The fourth-order valence-corrected chi connectivity index (χ4v) is 4.09. The Morgan fingerprint density at radius 3 is 2.83 bits per heavy atom. The number of hydrogen-bond acceptors (Lipinski definition) is 5. The van der Waals surface area contributed by atoms with Crippen molar-refractivity contribution in [2.45, 2.75) is 19.4 Å². The summed E-state index contributed by atoms with van der Waals surface area (Å²) in [7, 11) is 0. The first-order valence-electron chi connectivity index (χ1n) is 10.2. The predicted octanol–water partition coefficient (Wildman–Crippen LogP) is 1.75. The Hall–Kier alpha value is -3.55. The van der Waals surface area contributed by atoms with E-state index in [0.717, 1.165) is 18.6 Å². The fourth-order valence-electron chi connectivity index (χ4n) is 4.09. The molecule has 0 bridgehead atoms. The molecule has 8 nitrogen and oxygen atoms in total. The minimum absolute atomic E-state index is 0.0497. The minimum Gasteiger partial charge on any atom is -0.339 e. The molecule has 30 heavy (non-hydrogen) atoms. The number of piperidine rings is 1. The van der Waals surface area contributed by atoms with Crippen LogP contribution in [-0.2, 0) is 11.3 Å². The maximum atomic E-state index is 12.9. The Bertz CT molecular complexity index is 1130. The summed E-state index contributed by atoms with van der Waals surface area (Å²) in [6, 6.07) is 5.02. The smallest absolute Gasteiger partial charge is 0.266 e. The molecule has 5 rings (SSSR count). The van der Waals surface area contributed by atoms with Crippen molar-refractivity contribution >= 4 is 11.6 Å². The molecule has 2 aliphatic heterocycles. The van der Waals surface area contributed by atoms with Crippen molar-refractivity contribution in [2.24, 2.45) is 16.8 Å². The van der Waals surface area contributed by atoms with Crippen molar-refractivity contribution in [1.82, 2.24) is 24.5 Å². The maximum absolute atomic E-state index is 12.9. The summed E-state index contributed by atoms with van der Waals surface area (Å²) in [6.45, 7) is 1.90. The van der Waals surface area contributed by atoms with Crippen LogP contribution in [0.15, 0.2) is 76.5 Å². The van der Waals surface area contributed by atoms with Crippen LogP contribution >= 0.6 is 0 Å². The van der Waals surface area contributed by atoms with E-state index in [1.807, 2.05) is 35.3 Å². The number of rotatable bonds is 4. The lowest BCUT2D eigenvalue weighted by Gasteiger charge is -2.32. The largest absolute Gasteiger partial charge is 0.339 e. The standard InChI is InChI=1S/C22H22N6O2/c29-21-5-4-20(27-11-1-9-24-27)25-28(21)15-16-7-12-26(13-8-16)22(30)18-3-2-17-6-10-23-19(17)14-18/h1-6,9-11,14,16-17H,7-8,12-13,15H2. The van der Waals surface area contributed by atoms with Crippen LogP contribution in [0.2, 0.25) is 0 Å². The molecule has 1 atom stereocenters. The molecule has 0 radical (unpaired) electrons. The van der Waals surface area contributed by atoms with Gasteiger partial charge in [-0.05, 0) is 37.0 Å². The highest BCUT2D eigenvalue weighted by atomic mass is 16.2. The normalized spacial score (nSPS) is 20.8. The van der Waals surface area contributed by atoms with Crippen LogP contribution in [-0.4, -0.2) is 49.2 Å². The van der Waals surface area contributed by atoms with Gasteiger partial charge in [-0.2, -0.15) is 5.10 Å². The third-order valence-corrected chi connectivity index (χ3v) is 5.82. The number of aliphatic imine (C=N–C) groups is 1. The van der Waals surface area contributed by atoms with Crippen LogP contribution in [0.3, 0.4) is 0 Å². The molecular weight excluding hydrogens is 380 g/mol. The van der Waals surface area contributed by atoms with Crippen LogP contribution < -0.4 is 5.56 Å². The van der Waals surface area contributed by atoms with Gasteiger partial charge in [-0.3, -0.25) is 14.6 Å². The second kappa shape index (κ2) is 7.70. The molecule has 3 aliphatic rings. The van der Waals surface area contributed by atoms with Crippen molar-refractivity contribution in [3.8, 4) is 5.82 Å². The van der Waals surface area contributed by atoms with E-state index >= 15 is 0 Å². The first kappa shape index (κ1) is 18.5. The number of aromatic nitrogens is 4. The lowest BCUT2D eigenvalue weighted by Crippen LogP contribution is -2.41. The number of fused-ring (bicyclic) bond motifs is 1. The second-order valence-corrected chi connectivity index (χ2v) is 7.78. The van der Waals surface area contributed by atoms with Crippen molar-refractivity contribution in [3.05, 3.63) is 77.0 Å². The number of allylic oxidation sites excluding steroid dienone is 3. The summed E-state index contributed by atoms with van der Waals surface area (Å²) in [5.41, 5.74) is 1.50. The molecule has 8 heteroatoms. The lowest BCUT2D eigenvalue weighted by molar-refractivity contribution is -0.128. The monoisotopic (exact) mass is 402 g/mol. The Morgan fingerprint density at radius 1 is 1.17 bits per heavy atom. The quantitative estimate of drug-likeness (QED) is 0.780. The minimum atomic E-state index is -0.123. The van der Waals surface area contributed by atoms with Gasteiger partial charge in [0.25, 0.3) is 11.5 Å². The molecule has 4 heterocycles. The molecule has 1 unspecified atom stereocenters. The average molecular weight is 402 g/mol. The molecule has 2 aromatic rings. The zero-order valence-corrected chi connectivity index (χ0v) is 16.5. The Kier molecular flexibility index (Phi) is 4.74. The summed E-state index contributed by atoms with van der Waals surface area (Å²) in [4.78, 5) is 31.4. The summed E-state index contributed by atoms with van der Waals surface area (Å²) in [5.74, 6) is 1.17. The molecule has 152 valence electrons. The number of hydrogen-bond donors (Lipinski definition) is 0. The molecule has 0 spiro atoms. The van der Waals surface area contributed by atoms with E-state index in [1.54, 1.807) is 29.3 Å². The summed E-state index contributed by atoms with van der Waals surface area (Å²) >= 11 is 0. The molecular formula is C22H22N6O2. The van der Waals surface area contributed by atoms with Crippen LogP contribution in [0.4, 0.5) is 0 Å². The highest BCUT2D eigenvalue weighted by Gasteiger charge is 2.27. The van der Waals surface area contributed by atoms with Gasteiger partial charge in [-0.15, -0.1) is 5.10 Å². The Balaban J connectivity index is 1.22. The number of amides is 1. The molecule has 1 amide bonds. The maximum Gasteiger partial charge on any atom is 0.266 e. The van der Waals surface area contributed by atoms with Crippen LogP contribution in [0.1, 0.15) is 12.8 Å². The number of nitrogens with zero attached hydrogens (tertiary/aromatic N) is 6. The van der Waals surface area contributed by atoms with Gasteiger partial charge in [0, 0.05) is 55.8 Å². The van der Waals surface area contributed by atoms with E-state index in [9.17, 15) is 9.59 Å². The fraction of sp³-hybridized carbons (Fsp3) is 0.318. The van der Waals surface area contributed by atoms with E-state index in [2.05, 4.69) is 15.2 Å². The zero-order chi connectivity index (χ0) is 20.5. The van der Waals surface area contributed by atoms with Gasteiger partial charge in [-0.1, -0.05) is 18.2 Å². The molecule has 0 saturated carbocycles. The van der Waals surface area contributed by atoms with Gasteiger partial charge in [0.1, 0.15) is 0 Å². The average Bonchev–Trinajstić information content (AvgIpc) is 3.47. The van der Waals surface area contributed by atoms with Crippen molar-refractivity contribution in [3.63, 3.8) is 0 Å². The van der Waals surface area contributed by atoms with Gasteiger partial charge < -0.3 is 4.90 Å². The summed E-state index contributed by atoms with van der Waals surface area (Å²) in [6.07, 6.45) is 14.8. The Morgan fingerprint density at radius 2 is 2.03 bits per heavy atom. The topological polar surface area (TPSA) is 85.4 Å². The first-order chi connectivity index (χ1) is 14.7. The van der Waals surface area contributed by atoms with Crippen LogP contribution in [0.5, 0.6) is 0 Å². The summed E-state index contributed by atoms with van der Waals surface area (Å²) in [5, 5.41) is 8.62. The van der Waals surface area contributed by atoms with Gasteiger partial charge in [0.2, 0.25) is 0 Å². The van der Waals surface area contributed by atoms with E-state index in [4.69, 9.17) is 0 Å². The number of likely N-dealkylation sites (tertiary alicyclic amines) is 1. The van der Waals surface area contributed by atoms with Crippen molar-refractivity contribution in [1.29, 1.82) is 0 Å². The zero-order valence-electron chi connectivity index (χ0n) is 16.5. The molecule has 0 N–H and O–H groups in total. The van der Waals surface area contributed by atoms with E-state index < -0.39 is 0 Å². The van der Waals surface area contributed by atoms with E-state index in [-0.39, 0.29) is 17.4 Å². The lowest BCUT2D eigenvalue weighted by atomic mass is 9.93. The van der Waals surface area contributed by atoms with Gasteiger partial charge in [-0.25, -0.2) is 9.36 Å². The predicted molar refractivity (Wildman–Crippen MR) is 112 cm³/mol. The number of carbonyl (C=O) groups is 1. The van der Waals surface area contributed by atoms with E-state index in [1.165, 1.54) is 10.7 Å². The Labute approximate surface area is 173 Å². The SMILES string of the molecule is O=C(C1=CC2=NC=CC2C=C1)N1CCC(Cn2nc(-n3cccn3)ccc2=O)CC1. The van der Waals surface area contributed by atoms with Gasteiger partial charge in [0.15, 0.2) is 5.82 Å². The third-order valence-electron chi connectivity index (χ3n) is 5.82. The highest BCUT2D eigenvalue weighted by molar-refractivity contribution is 6.10.